The number of carbonyl (C=O) groups excluding carboxylic acids is 2. The number of furan rings is 1. The van der Waals surface area contributed by atoms with E-state index < -0.39 is 21.9 Å². The van der Waals surface area contributed by atoms with Crippen LogP contribution in [0.5, 0.6) is 0 Å². The largest absolute Gasteiger partial charge is 0.454 e. The molecule has 9 heteroatoms. The van der Waals surface area contributed by atoms with Gasteiger partial charge in [-0.3, -0.25) is 4.79 Å². The zero-order chi connectivity index (χ0) is 17.9. The lowest BCUT2D eigenvalue weighted by molar-refractivity contribution is 0.0440. The number of esters is 1. The highest BCUT2D eigenvalue weighted by atomic mass is 32.2. The number of ether oxygens (including phenoxy) is 1. The van der Waals surface area contributed by atoms with Gasteiger partial charge in [0, 0.05) is 19.7 Å². The predicted octanol–water partition coefficient (Wildman–Crippen LogP) is 0.986. The van der Waals surface area contributed by atoms with Gasteiger partial charge >= 0.3 is 5.97 Å². The van der Waals surface area contributed by atoms with Crippen LogP contribution in [0.25, 0.3) is 0 Å². The van der Waals surface area contributed by atoms with Crippen LogP contribution in [0.4, 0.5) is 0 Å². The van der Waals surface area contributed by atoms with Gasteiger partial charge < -0.3 is 14.9 Å². The van der Waals surface area contributed by atoms with E-state index in [0.29, 0.717) is 0 Å². The molecule has 2 N–H and O–H groups in total. The molecule has 0 aliphatic carbocycles. The van der Waals surface area contributed by atoms with Crippen LogP contribution in [-0.2, 0) is 21.4 Å². The van der Waals surface area contributed by atoms with Crippen molar-refractivity contribution in [3.63, 3.8) is 0 Å². The summed E-state index contributed by atoms with van der Waals surface area (Å²) in [5.74, 6) is -1.04. The van der Waals surface area contributed by atoms with Crippen molar-refractivity contribution in [2.75, 3.05) is 14.1 Å². The fourth-order valence-corrected chi connectivity index (χ4v) is 2.56. The van der Waals surface area contributed by atoms with Gasteiger partial charge in [0.15, 0.2) is 0 Å². The van der Waals surface area contributed by atoms with Crippen molar-refractivity contribution in [2.24, 2.45) is 5.73 Å². The van der Waals surface area contributed by atoms with Crippen LogP contribution in [-0.4, -0.2) is 38.7 Å². The molecule has 1 aromatic carbocycles. The Bertz CT molecular complexity index is 852. The number of hydrogen-bond acceptors (Lipinski definition) is 6. The molecular weight excluding hydrogens is 336 g/mol. The zero-order valence-electron chi connectivity index (χ0n) is 13.1. The van der Waals surface area contributed by atoms with E-state index >= 15 is 0 Å². The number of nitrogens with two attached hydrogens (primary N) is 1. The Morgan fingerprint density at radius 1 is 1.08 bits per heavy atom. The van der Waals surface area contributed by atoms with E-state index in [1.807, 2.05) is 0 Å². The van der Waals surface area contributed by atoms with Gasteiger partial charge in [-0.15, -0.1) is 0 Å². The second-order valence-electron chi connectivity index (χ2n) is 5.03. The Morgan fingerprint density at radius 2 is 1.67 bits per heavy atom. The van der Waals surface area contributed by atoms with Crippen molar-refractivity contribution in [2.45, 2.75) is 11.7 Å². The second-order valence-corrected chi connectivity index (χ2v) is 7.11. The molecule has 8 nitrogen and oxygen atoms in total. The third kappa shape index (κ3) is 3.81. The summed E-state index contributed by atoms with van der Waals surface area (Å²) in [4.78, 5) is 22.9. The topological polar surface area (TPSA) is 120 Å². The quantitative estimate of drug-likeness (QED) is 0.774. The summed E-state index contributed by atoms with van der Waals surface area (Å²) in [7, 11) is -0.913. The molecular formula is C15H16N2O6S. The van der Waals surface area contributed by atoms with E-state index in [4.69, 9.17) is 14.9 Å². The first kappa shape index (κ1) is 17.7. The first-order chi connectivity index (χ1) is 11.2. The minimum absolute atomic E-state index is 0.192. The Labute approximate surface area is 138 Å². The Hall–Kier alpha value is -2.65. The van der Waals surface area contributed by atoms with Crippen molar-refractivity contribution in [3.05, 3.63) is 53.3 Å². The van der Waals surface area contributed by atoms with Crippen LogP contribution >= 0.6 is 0 Å². The third-order valence-electron chi connectivity index (χ3n) is 3.12. The molecule has 1 heterocycles. The SMILES string of the molecule is CN(C)S(=O)(=O)c1ccc(COC(=O)c2ccc(C(N)=O)cc2)o1. The van der Waals surface area contributed by atoms with Crippen molar-refractivity contribution in [1.29, 1.82) is 0 Å². The fourth-order valence-electron chi connectivity index (χ4n) is 1.74. The van der Waals surface area contributed by atoms with E-state index in [0.717, 1.165) is 4.31 Å². The number of rotatable bonds is 6. The Kier molecular flexibility index (Phi) is 5.05. The fraction of sp³-hybridized carbons (Fsp3) is 0.200. The summed E-state index contributed by atoms with van der Waals surface area (Å²) < 4.78 is 35.0. The molecule has 0 fully saturated rings. The summed E-state index contributed by atoms with van der Waals surface area (Å²) in [6, 6.07) is 8.35. The Balaban J connectivity index is 2.02. The molecule has 0 bridgehead atoms. The van der Waals surface area contributed by atoms with Gasteiger partial charge in [-0.05, 0) is 36.4 Å². The van der Waals surface area contributed by atoms with E-state index in [-0.39, 0.29) is 28.6 Å². The summed E-state index contributed by atoms with van der Waals surface area (Å²) in [5.41, 5.74) is 5.62. The summed E-state index contributed by atoms with van der Waals surface area (Å²) in [5, 5.41) is -0.232. The molecule has 0 aliphatic heterocycles. The molecule has 2 rings (SSSR count). The van der Waals surface area contributed by atoms with Crippen molar-refractivity contribution in [1.82, 2.24) is 4.31 Å². The van der Waals surface area contributed by atoms with Crippen molar-refractivity contribution in [3.8, 4) is 0 Å². The van der Waals surface area contributed by atoms with Crippen LogP contribution < -0.4 is 5.73 Å². The molecule has 24 heavy (non-hydrogen) atoms. The number of sulfonamides is 1. The molecule has 2 aromatic rings. The van der Waals surface area contributed by atoms with Gasteiger partial charge in [0.2, 0.25) is 11.0 Å². The third-order valence-corrected chi connectivity index (χ3v) is 4.81. The minimum atomic E-state index is -3.68. The van der Waals surface area contributed by atoms with Gasteiger partial charge in [-0.25, -0.2) is 17.5 Å². The molecule has 0 aliphatic rings. The first-order valence-corrected chi connectivity index (χ1v) is 8.24. The normalized spacial score (nSPS) is 11.5. The average molecular weight is 352 g/mol. The average Bonchev–Trinajstić information content (AvgIpc) is 3.02. The van der Waals surface area contributed by atoms with Gasteiger partial charge in [0.25, 0.3) is 10.0 Å². The van der Waals surface area contributed by atoms with Crippen LogP contribution in [0, 0.1) is 0 Å². The van der Waals surface area contributed by atoms with Gasteiger partial charge in [-0.1, -0.05) is 0 Å². The standard InChI is InChI=1S/C15H16N2O6S/c1-17(2)24(20,21)13-8-7-12(23-13)9-22-15(19)11-5-3-10(4-6-11)14(16)18/h3-8H,9H2,1-2H3,(H2,16,18). The monoisotopic (exact) mass is 352 g/mol. The summed E-state index contributed by atoms with van der Waals surface area (Å²) in [6.45, 7) is -0.223. The molecule has 0 atom stereocenters. The number of carbonyl (C=O) groups is 2. The molecule has 0 saturated carbocycles. The number of benzene rings is 1. The molecule has 0 saturated heterocycles. The lowest BCUT2D eigenvalue weighted by Crippen LogP contribution is -2.21. The maximum Gasteiger partial charge on any atom is 0.338 e. The highest BCUT2D eigenvalue weighted by Gasteiger charge is 2.21. The number of amides is 1. The van der Waals surface area contributed by atoms with E-state index in [1.165, 1.54) is 50.5 Å². The number of hydrogen-bond donors (Lipinski definition) is 1. The van der Waals surface area contributed by atoms with Gasteiger partial charge in [0.1, 0.15) is 12.4 Å². The lowest BCUT2D eigenvalue weighted by Gasteiger charge is -2.08. The maximum atomic E-state index is 11.9. The van der Waals surface area contributed by atoms with Crippen molar-refractivity contribution < 1.29 is 27.2 Å². The molecule has 1 amide bonds. The maximum absolute atomic E-state index is 11.9. The molecule has 1 aromatic heterocycles. The second kappa shape index (κ2) is 6.85. The highest BCUT2D eigenvalue weighted by molar-refractivity contribution is 7.88. The van der Waals surface area contributed by atoms with Crippen molar-refractivity contribution >= 4 is 21.9 Å². The van der Waals surface area contributed by atoms with Gasteiger partial charge in [-0.2, -0.15) is 0 Å². The van der Waals surface area contributed by atoms with E-state index in [1.54, 1.807) is 0 Å². The number of nitrogens with zero attached hydrogens (tertiary/aromatic N) is 1. The number of primary amides is 1. The minimum Gasteiger partial charge on any atom is -0.454 e. The van der Waals surface area contributed by atoms with E-state index in [2.05, 4.69) is 0 Å². The van der Waals surface area contributed by atoms with Gasteiger partial charge in [0.05, 0.1) is 5.56 Å². The lowest BCUT2D eigenvalue weighted by atomic mass is 10.1. The molecule has 0 radical (unpaired) electrons. The zero-order valence-corrected chi connectivity index (χ0v) is 13.9. The summed E-state index contributed by atoms with van der Waals surface area (Å²) in [6.07, 6.45) is 0. The molecule has 128 valence electrons. The predicted molar refractivity (Wildman–Crippen MR) is 83.7 cm³/mol. The van der Waals surface area contributed by atoms with Crippen LogP contribution in [0.2, 0.25) is 0 Å². The summed E-state index contributed by atoms with van der Waals surface area (Å²) >= 11 is 0. The smallest absolute Gasteiger partial charge is 0.338 e. The molecule has 0 unspecified atom stereocenters. The van der Waals surface area contributed by atoms with Crippen LogP contribution in [0.3, 0.4) is 0 Å². The molecule has 0 spiro atoms. The first-order valence-electron chi connectivity index (χ1n) is 6.80. The Morgan fingerprint density at radius 3 is 2.21 bits per heavy atom. The van der Waals surface area contributed by atoms with E-state index in [9.17, 15) is 18.0 Å². The van der Waals surface area contributed by atoms with Crippen LogP contribution in [0.1, 0.15) is 26.5 Å². The van der Waals surface area contributed by atoms with Crippen LogP contribution in [0.15, 0.2) is 45.9 Å². The highest BCUT2D eigenvalue weighted by Crippen LogP contribution is 2.18.